The van der Waals surface area contributed by atoms with Gasteiger partial charge in [0.05, 0.1) is 4.88 Å². The summed E-state index contributed by atoms with van der Waals surface area (Å²) in [4.78, 5) is 13.5. The molecule has 3 heteroatoms. The van der Waals surface area contributed by atoms with Crippen LogP contribution in [-0.2, 0) is 4.79 Å². The number of rotatable bonds is 2. The van der Waals surface area contributed by atoms with Crippen molar-refractivity contribution < 1.29 is 4.79 Å². The van der Waals surface area contributed by atoms with Crippen LogP contribution < -0.4 is 5.32 Å². The summed E-state index contributed by atoms with van der Waals surface area (Å²) in [6.45, 7) is 0. The Morgan fingerprint density at radius 1 is 1.13 bits per heavy atom. The Morgan fingerprint density at radius 2 is 2.09 bits per heavy atom. The van der Waals surface area contributed by atoms with Crippen molar-refractivity contribution in [3.05, 3.63) is 64.4 Å². The lowest BCUT2D eigenvalue weighted by atomic mass is 9.93. The van der Waals surface area contributed by atoms with Crippen molar-refractivity contribution in [1.29, 1.82) is 0 Å². The van der Waals surface area contributed by atoms with Crippen LogP contribution in [0.5, 0.6) is 0 Å². The maximum Gasteiger partial charge on any atom is 0.228 e. The first-order valence-corrected chi connectivity index (χ1v) is 8.81. The average Bonchev–Trinajstić information content (AvgIpc) is 3.31. The van der Waals surface area contributed by atoms with Crippen LogP contribution in [0.1, 0.15) is 23.3 Å². The Morgan fingerprint density at radius 3 is 2.83 bits per heavy atom. The zero-order chi connectivity index (χ0) is 15.6. The fourth-order valence-electron chi connectivity index (χ4n) is 3.48. The molecule has 3 unspecified atom stereocenters. The molecule has 2 aliphatic rings. The Hall–Kier alpha value is -2.31. The molecule has 4 rings (SSSR count). The van der Waals surface area contributed by atoms with Crippen molar-refractivity contribution in [2.75, 3.05) is 5.32 Å². The summed E-state index contributed by atoms with van der Waals surface area (Å²) < 4.78 is 0. The van der Waals surface area contributed by atoms with Gasteiger partial charge in [0, 0.05) is 17.2 Å². The summed E-state index contributed by atoms with van der Waals surface area (Å²) in [6.07, 6.45) is 6.60. The third-order valence-corrected chi connectivity index (χ3v) is 5.38. The molecule has 2 nitrogen and oxygen atoms in total. The summed E-state index contributed by atoms with van der Waals surface area (Å²) >= 11 is 1.63. The standard InChI is InChI=1S/C20H17NOS/c22-20(19-13-15-6-8-16(19)11-15)21-17-4-1-3-14(12-17)7-9-18-5-2-10-23-18/h1-6,8,10,12,15-16,19H,11,13H2,(H,21,22). The van der Waals surface area contributed by atoms with E-state index >= 15 is 0 Å². The average molecular weight is 319 g/mol. The number of carbonyl (C=O) groups is 1. The highest BCUT2D eigenvalue weighted by atomic mass is 32.1. The van der Waals surface area contributed by atoms with Gasteiger partial charge in [-0.15, -0.1) is 11.3 Å². The predicted octanol–water partition coefficient (Wildman–Crippen LogP) is 4.30. The third-order valence-electron chi connectivity index (χ3n) is 4.60. The molecule has 0 saturated heterocycles. The molecule has 23 heavy (non-hydrogen) atoms. The minimum atomic E-state index is 0.130. The number of amides is 1. The van der Waals surface area contributed by atoms with Crippen LogP contribution in [0.15, 0.2) is 53.9 Å². The molecule has 0 aliphatic heterocycles. The number of anilines is 1. The first-order valence-electron chi connectivity index (χ1n) is 7.93. The third kappa shape index (κ3) is 3.09. The van der Waals surface area contributed by atoms with Gasteiger partial charge in [-0.25, -0.2) is 0 Å². The van der Waals surface area contributed by atoms with Gasteiger partial charge in [0.25, 0.3) is 0 Å². The second-order valence-electron chi connectivity index (χ2n) is 6.18. The highest BCUT2D eigenvalue weighted by Crippen LogP contribution is 2.43. The van der Waals surface area contributed by atoms with E-state index in [0.29, 0.717) is 11.8 Å². The van der Waals surface area contributed by atoms with E-state index in [9.17, 15) is 4.79 Å². The number of benzene rings is 1. The molecule has 1 aromatic carbocycles. The summed E-state index contributed by atoms with van der Waals surface area (Å²) in [5.74, 6) is 7.62. The van der Waals surface area contributed by atoms with E-state index in [1.165, 1.54) is 0 Å². The molecule has 2 aromatic rings. The number of thiophene rings is 1. The van der Waals surface area contributed by atoms with Gasteiger partial charge in [-0.2, -0.15) is 0 Å². The molecule has 1 fully saturated rings. The fourth-order valence-corrected chi connectivity index (χ4v) is 4.05. The van der Waals surface area contributed by atoms with E-state index in [1.807, 2.05) is 41.8 Å². The van der Waals surface area contributed by atoms with Gasteiger partial charge in [-0.1, -0.05) is 36.1 Å². The normalized spacial score (nSPS) is 24.3. The van der Waals surface area contributed by atoms with Crippen LogP contribution in [0, 0.1) is 29.6 Å². The van der Waals surface area contributed by atoms with E-state index in [-0.39, 0.29) is 11.8 Å². The highest BCUT2D eigenvalue weighted by Gasteiger charge is 2.39. The van der Waals surface area contributed by atoms with Gasteiger partial charge in [0.2, 0.25) is 5.91 Å². The van der Waals surface area contributed by atoms with Crippen molar-refractivity contribution in [1.82, 2.24) is 0 Å². The molecule has 2 bridgehead atoms. The minimum Gasteiger partial charge on any atom is -0.326 e. The van der Waals surface area contributed by atoms with Gasteiger partial charge < -0.3 is 5.32 Å². The van der Waals surface area contributed by atoms with Crippen molar-refractivity contribution in [3.63, 3.8) is 0 Å². The largest absolute Gasteiger partial charge is 0.326 e. The van der Waals surface area contributed by atoms with Crippen molar-refractivity contribution in [2.24, 2.45) is 17.8 Å². The molecule has 3 atom stereocenters. The molecule has 1 heterocycles. The number of hydrogen-bond acceptors (Lipinski definition) is 2. The second kappa shape index (κ2) is 6.06. The van der Waals surface area contributed by atoms with Crippen molar-refractivity contribution in [3.8, 4) is 11.8 Å². The lowest BCUT2D eigenvalue weighted by Crippen LogP contribution is -2.25. The van der Waals surface area contributed by atoms with E-state index < -0.39 is 0 Å². The zero-order valence-corrected chi connectivity index (χ0v) is 13.5. The molecule has 0 spiro atoms. The predicted molar refractivity (Wildman–Crippen MR) is 94.2 cm³/mol. The number of carbonyl (C=O) groups excluding carboxylic acids is 1. The second-order valence-corrected chi connectivity index (χ2v) is 7.13. The van der Waals surface area contributed by atoms with Gasteiger partial charge in [-0.05, 0) is 54.3 Å². The van der Waals surface area contributed by atoms with Gasteiger partial charge in [0.15, 0.2) is 0 Å². The topological polar surface area (TPSA) is 29.1 Å². The molecule has 2 aliphatic carbocycles. The van der Waals surface area contributed by atoms with E-state index in [2.05, 4.69) is 29.3 Å². The van der Waals surface area contributed by atoms with Crippen LogP contribution >= 0.6 is 11.3 Å². The molecule has 1 amide bonds. The van der Waals surface area contributed by atoms with Crippen molar-refractivity contribution >= 4 is 22.9 Å². The van der Waals surface area contributed by atoms with Gasteiger partial charge in [0.1, 0.15) is 0 Å². The van der Waals surface area contributed by atoms with E-state index in [1.54, 1.807) is 11.3 Å². The monoisotopic (exact) mass is 319 g/mol. The maximum atomic E-state index is 12.5. The number of hydrogen-bond donors (Lipinski definition) is 1. The smallest absolute Gasteiger partial charge is 0.228 e. The Labute approximate surface area is 140 Å². The van der Waals surface area contributed by atoms with Crippen LogP contribution in [0.3, 0.4) is 0 Å². The molecule has 1 aromatic heterocycles. The maximum absolute atomic E-state index is 12.5. The Balaban J connectivity index is 1.46. The zero-order valence-electron chi connectivity index (χ0n) is 12.7. The quantitative estimate of drug-likeness (QED) is 0.649. The molecular formula is C20H17NOS. The van der Waals surface area contributed by atoms with Crippen LogP contribution in [0.25, 0.3) is 0 Å². The number of allylic oxidation sites excluding steroid dienone is 2. The Kier molecular flexibility index (Phi) is 3.77. The SMILES string of the molecule is O=C(Nc1cccc(C#Cc2cccs2)c1)C1CC2C=CC1C2. The van der Waals surface area contributed by atoms with Crippen LogP contribution in [0.2, 0.25) is 0 Å². The summed E-state index contributed by atoms with van der Waals surface area (Å²) in [7, 11) is 0. The first kappa shape index (κ1) is 14.3. The Bertz CT molecular complexity index is 810. The fraction of sp³-hybridized carbons (Fsp3) is 0.250. The van der Waals surface area contributed by atoms with Gasteiger partial charge in [-0.3, -0.25) is 4.79 Å². The highest BCUT2D eigenvalue weighted by molar-refractivity contribution is 7.10. The summed E-state index contributed by atoms with van der Waals surface area (Å²) in [5.41, 5.74) is 1.75. The van der Waals surface area contributed by atoms with Gasteiger partial charge >= 0.3 is 0 Å². The molecule has 1 saturated carbocycles. The molecule has 0 radical (unpaired) electrons. The lowest BCUT2D eigenvalue weighted by molar-refractivity contribution is -0.120. The van der Waals surface area contributed by atoms with E-state index in [4.69, 9.17) is 0 Å². The number of fused-ring (bicyclic) bond motifs is 2. The molecule has 114 valence electrons. The lowest BCUT2D eigenvalue weighted by Gasteiger charge is -2.17. The summed E-state index contributed by atoms with van der Waals surface area (Å²) in [6, 6.07) is 11.8. The van der Waals surface area contributed by atoms with Crippen LogP contribution in [0.4, 0.5) is 5.69 Å². The summed E-state index contributed by atoms with van der Waals surface area (Å²) in [5, 5.41) is 5.08. The van der Waals surface area contributed by atoms with Crippen LogP contribution in [-0.4, -0.2) is 5.91 Å². The first-order chi connectivity index (χ1) is 11.3. The molecular weight excluding hydrogens is 302 g/mol. The number of nitrogens with one attached hydrogen (secondary N) is 1. The van der Waals surface area contributed by atoms with Crippen molar-refractivity contribution in [2.45, 2.75) is 12.8 Å². The van der Waals surface area contributed by atoms with E-state index in [0.717, 1.165) is 29.0 Å². The minimum absolute atomic E-state index is 0.130. The molecule has 1 N–H and O–H groups in total.